The van der Waals surface area contributed by atoms with Crippen molar-refractivity contribution < 1.29 is 13.9 Å². The van der Waals surface area contributed by atoms with E-state index in [9.17, 15) is 4.39 Å². The first-order chi connectivity index (χ1) is 8.81. The molecule has 0 amide bonds. The lowest BCUT2D eigenvalue weighted by atomic mass is 9.46. The SMILES string of the molecule is FC1CCOC1CNC1C2CCOC2C12CCC2. The van der Waals surface area contributed by atoms with Crippen LogP contribution in [-0.2, 0) is 9.47 Å². The standard InChI is InChI=1S/C14H22FNO2/c15-10-3-7-17-11(10)8-16-12-9-2-6-18-13(9)14(12)4-1-5-14/h9-13,16H,1-8H2. The van der Waals surface area contributed by atoms with E-state index in [-0.39, 0.29) is 6.10 Å². The Morgan fingerprint density at radius 1 is 1.17 bits per heavy atom. The molecule has 0 aromatic carbocycles. The van der Waals surface area contributed by atoms with Gasteiger partial charge < -0.3 is 14.8 Å². The van der Waals surface area contributed by atoms with Gasteiger partial charge in [0.2, 0.25) is 0 Å². The minimum Gasteiger partial charge on any atom is -0.377 e. The van der Waals surface area contributed by atoms with Gasteiger partial charge in [-0.2, -0.15) is 0 Å². The monoisotopic (exact) mass is 255 g/mol. The molecule has 2 aliphatic carbocycles. The van der Waals surface area contributed by atoms with Gasteiger partial charge in [-0.1, -0.05) is 6.42 Å². The molecule has 4 rings (SSSR count). The van der Waals surface area contributed by atoms with Crippen molar-refractivity contribution in [2.24, 2.45) is 11.3 Å². The van der Waals surface area contributed by atoms with Gasteiger partial charge in [0.1, 0.15) is 12.3 Å². The summed E-state index contributed by atoms with van der Waals surface area (Å²) in [6.45, 7) is 2.18. The average molecular weight is 255 g/mol. The molecule has 0 aromatic rings. The number of halogens is 1. The Hall–Kier alpha value is -0.190. The van der Waals surface area contributed by atoms with Gasteiger partial charge in [0.25, 0.3) is 0 Å². The van der Waals surface area contributed by atoms with Crippen LogP contribution in [-0.4, -0.2) is 44.2 Å². The van der Waals surface area contributed by atoms with E-state index in [1.54, 1.807) is 0 Å². The second-order valence-electron chi connectivity index (χ2n) is 6.43. The van der Waals surface area contributed by atoms with Crippen LogP contribution in [0.2, 0.25) is 0 Å². The Labute approximate surface area is 107 Å². The van der Waals surface area contributed by atoms with Crippen LogP contribution in [0.3, 0.4) is 0 Å². The van der Waals surface area contributed by atoms with E-state index in [0.717, 1.165) is 6.61 Å². The number of rotatable bonds is 3. The smallest absolute Gasteiger partial charge is 0.130 e. The number of hydrogen-bond acceptors (Lipinski definition) is 3. The topological polar surface area (TPSA) is 30.5 Å². The predicted octanol–water partition coefficient (Wildman–Crippen LogP) is 1.66. The lowest BCUT2D eigenvalue weighted by molar-refractivity contribution is -0.177. The van der Waals surface area contributed by atoms with Crippen molar-refractivity contribution in [2.45, 2.75) is 56.5 Å². The Balaban J connectivity index is 1.39. The number of hydrogen-bond donors (Lipinski definition) is 1. The Kier molecular flexibility index (Phi) is 2.68. The molecular weight excluding hydrogens is 233 g/mol. The summed E-state index contributed by atoms with van der Waals surface area (Å²) in [6, 6.07) is 0.551. The van der Waals surface area contributed by atoms with Gasteiger partial charge in [-0.15, -0.1) is 0 Å². The fourth-order valence-electron chi connectivity index (χ4n) is 4.61. The van der Waals surface area contributed by atoms with Gasteiger partial charge in [-0.25, -0.2) is 4.39 Å². The summed E-state index contributed by atoms with van der Waals surface area (Å²) >= 11 is 0. The minimum atomic E-state index is -0.773. The summed E-state index contributed by atoms with van der Waals surface area (Å²) in [6.07, 6.45) is 5.15. The molecule has 2 aliphatic heterocycles. The first-order valence-corrected chi connectivity index (χ1v) is 7.42. The zero-order chi connectivity index (χ0) is 12.2. The van der Waals surface area contributed by atoms with E-state index in [4.69, 9.17) is 9.47 Å². The van der Waals surface area contributed by atoms with Crippen LogP contribution in [0.5, 0.6) is 0 Å². The molecule has 1 spiro atoms. The molecular formula is C14H22FNO2. The highest BCUT2D eigenvalue weighted by Gasteiger charge is 2.66. The van der Waals surface area contributed by atoms with Gasteiger partial charge in [0.15, 0.2) is 0 Å². The van der Waals surface area contributed by atoms with Crippen LogP contribution in [0.15, 0.2) is 0 Å². The number of nitrogens with one attached hydrogen (secondary N) is 1. The maximum Gasteiger partial charge on any atom is 0.130 e. The molecule has 5 atom stereocenters. The van der Waals surface area contributed by atoms with Crippen LogP contribution < -0.4 is 5.32 Å². The molecule has 4 heteroatoms. The second kappa shape index (κ2) is 4.15. The van der Waals surface area contributed by atoms with Crippen molar-refractivity contribution in [3.05, 3.63) is 0 Å². The maximum atomic E-state index is 13.5. The summed E-state index contributed by atoms with van der Waals surface area (Å²) < 4.78 is 24.9. The van der Waals surface area contributed by atoms with E-state index >= 15 is 0 Å². The lowest BCUT2D eigenvalue weighted by Gasteiger charge is -2.63. The second-order valence-corrected chi connectivity index (χ2v) is 6.43. The molecule has 4 aliphatic rings. The number of ether oxygens (including phenoxy) is 2. The zero-order valence-electron chi connectivity index (χ0n) is 10.7. The lowest BCUT2D eigenvalue weighted by Crippen LogP contribution is -2.71. The highest BCUT2D eigenvalue weighted by molar-refractivity contribution is 5.18. The molecule has 2 saturated carbocycles. The van der Waals surface area contributed by atoms with Crippen LogP contribution in [0, 0.1) is 11.3 Å². The minimum absolute atomic E-state index is 0.219. The third-order valence-corrected chi connectivity index (χ3v) is 5.70. The zero-order valence-corrected chi connectivity index (χ0v) is 10.7. The van der Waals surface area contributed by atoms with E-state index in [0.29, 0.717) is 43.1 Å². The number of fused-ring (bicyclic) bond motifs is 2. The first kappa shape index (κ1) is 11.6. The summed E-state index contributed by atoms with van der Waals surface area (Å²) in [5.41, 5.74) is 0.394. The van der Waals surface area contributed by atoms with Crippen LogP contribution in [0.1, 0.15) is 32.1 Å². The molecule has 5 unspecified atom stereocenters. The normalized spacial score (nSPS) is 48.8. The van der Waals surface area contributed by atoms with E-state index < -0.39 is 6.17 Å². The van der Waals surface area contributed by atoms with E-state index in [2.05, 4.69) is 5.32 Å². The van der Waals surface area contributed by atoms with Crippen LogP contribution in [0.25, 0.3) is 0 Å². The summed E-state index contributed by atoms with van der Waals surface area (Å²) in [5.74, 6) is 0.671. The quantitative estimate of drug-likeness (QED) is 0.832. The molecule has 2 saturated heterocycles. The van der Waals surface area contributed by atoms with Gasteiger partial charge in [0.05, 0.1) is 12.7 Å². The molecule has 0 radical (unpaired) electrons. The largest absolute Gasteiger partial charge is 0.377 e. The molecule has 4 fully saturated rings. The van der Waals surface area contributed by atoms with Crippen molar-refractivity contribution in [3.63, 3.8) is 0 Å². The van der Waals surface area contributed by atoms with Crippen molar-refractivity contribution in [1.82, 2.24) is 5.32 Å². The third-order valence-electron chi connectivity index (χ3n) is 5.70. The Morgan fingerprint density at radius 2 is 2.00 bits per heavy atom. The third kappa shape index (κ3) is 1.46. The Bertz CT molecular complexity index is 334. The van der Waals surface area contributed by atoms with Gasteiger partial charge in [-0.05, 0) is 19.3 Å². The molecule has 3 nitrogen and oxygen atoms in total. The first-order valence-electron chi connectivity index (χ1n) is 7.42. The predicted molar refractivity (Wildman–Crippen MR) is 65.2 cm³/mol. The molecule has 18 heavy (non-hydrogen) atoms. The molecule has 1 N–H and O–H groups in total. The van der Waals surface area contributed by atoms with Crippen LogP contribution >= 0.6 is 0 Å². The van der Waals surface area contributed by atoms with Crippen molar-refractivity contribution in [1.29, 1.82) is 0 Å². The Morgan fingerprint density at radius 3 is 2.67 bits per heavy atom. The fraction of sp³-hybridized carbons (Fsp3) is 1.00. The van der Waals surface area contributed by atoms with E-state index in [1.165, 1.54) is 25.7 Å². The number of alkyl halides is 1. The molecule has 0 aromatic heterocycles. The highest BCUT2D eigenvalue weighted by atomic mass is 19.1. The maximum absolute atomic E-state index is 13.5. The van der Waals surface area contributed by atoms with Crippen molar-refractivity contribution in [2.75, 3.05) is 19.8 Å². The summed E-state index contributed by atoms with van der Waals surface area (Å²) in [7, 11) is 0. The van der Waals surface area contributed by atoms with Crippen LogP contribution in [0.4, 0.5) is 4.39 Å². The average Bonchev–Trinajstić information content (AvgIpc) is 2.86. The molecule has 102 valence electrons. The highest BCUT2D eigenvalue weighted by Crippen LogP contribution is 2.62. The molecule has 0 bridgehead atoms. The molecule has 2 heterocycles. The van der Waals surface area contributed by atoms with Crippen molar-refractivity contribution >= 4 is 0 Å². The van der Waals surface area contributed by atoms with E-state index in [1.807, 2.05) is 0 Å². The summed E-state index contributed by atoms with van der Waals surface area (Å²) in [4.78, 5) is 0. The van der Waals surface area contributed by atoms with Gasteiger partial charge in [-0.3, -0.25) is 0 Å². The summed E-state index contributed by atoms with van der Waals surface area (Å²) in [5, 5.41) is 3.61. The van der Waals surface area contributed by atoms with Gasteiger partial charge >= 0.3 is 0 Å². The van der Waals surface area contributed by atoms with Gasteiger partial charge in [0, 0.05) is 36.9 Å². The van der Waals surface area contributed by atoms with Crippen molar-refractivity contribution in [3.8, 4) is 0 Å². The fourth-order valence-corrected chi connectivity index (χ4v) is 4.61.